The van der Waals surface area contributed by atoms with Gasteiger partial charge < -0.3 is 20.1 Å². The molecule has 0 bridgehead atoms. The van der Waals surface area contributed by atoms with E-state index >= 15 is 0 Å². The number of phenols is 2. The van der Waals surface area contributed by atoms with E-state index in [0.717, 1.165) is 22.6 Å². The lowest BCUT2D eigenvalue weighted by Crippen LogP contribution is -2.51. The van der Waals surface area contributed by atoms with Gasteiger partial charge in [-0.3, -0.25) is 19.2 Å². The maximum Gasteiger partial charge on any atom is 0.339 e. The zero-order valence-corrected chi connectivity index (χ0v) is 25.7. The van der Waals surface area contributed by atoms with Gasteiger partial charge in [-0.05, 0) is 73.7 Å². The predicted molar refractivity (Wildman–Crippen MR) is 170 cm³/mol. The minimum absolute atomic E-state index is 0.0582. The van der Waals surface area contributed by atoms with Gasteiger partial charge in [0.15, 0.2) is 0 Å². The fraction of sp³-hybridized carbons (Fsp3) is 0.270. The number of ether oxygens (including phenoxy) is 1. The number of carbonyl (C=O) groups excluding carboxylic acids is 4. The van der Waals surface area contributed by atoms with Crippen molar-refractivity contribution in [2.24, 2.45) is 35.0 Å². The third-order valence-corrected chi connectivity index (χ3v) is 10.9. The Bertz CT molecular complexity index is 2030. The summed E-state index contributed by atoms with van der Waals surface area (Å²) in [6.45, 7) is 1.80. The summed E-state index contributed by atoms with van der Waals surface area (Å²) in [6, 6.07) is 17.1. The highest BCUT2D eigenvalue weighted by molar-refractivity contribution is 6.25. The highest BCUT2D eigenvalue weighted by atomic mass is 16.5. The molecule has 3 fully saturated rings. The molecule has 4 amide bonds. The molecule has 3 heterocycles. The molecule has 2 aliphatic carbocycles. The molecule has 11 heteroatoms. The number of para-hydroxylation sites is 1. The number of phenolic OH excluding ortho intramolecular Hbond substituents is 1. The highest BCUT2D eigenvalue weighted by Gasteiger charge is 2.68. The van der Waals surface area contributed by atoms with Gasteiger partial charge in [-0.1, -0.05) is 29.8 Å². The quantitative estimate of drug-likeness (QED) is 0.272. The fourth-order valence-corrected chi connectivity index (χ4v) is 8.76. The first kappa shape index (κ1) is 29.7. The Kier molecular flexibility index (Phi) is 6.43. The van der Waals surface area contributed by atoms with E-state index in [1.165, 1.54) is 17.0 Å². The number of aromatic carboxylic acids is 1. The Balaban J connectivity index is 1.23. The lowest BCUT2D eigenvalue weighted by atomic mass is 9.51. The number of carboxylic acids is 1. The summed E-state index contributed by atoms with van der Waals surface area (Å²) in [5, 5.41) is 30.0. The molecular weight excluding hydrogens is 616 g/mol. The Morgan fingerprint density at radius 1 is 0.875 bits per heavy atom. The molecule has 3 aromatic rings. The maximum absolute atomic E-state index is 14.6. The summed E-state index contributed by atoms with van der Waals surface area (Å²) in [5.74, 6) is -6.66. The van der Waals surface area contributed by atoms with Crippen molar-refractivity contribution in [3.05, 3.63) is 101 Å². The van der Waals surface area contributed by atoms with Crippen LogP contribution >= 0.6 is 0 Å². The molecule has 0 spiro atoms. The van der Waals surface area contributed by atoms with E-state index < -0.39 is 58.5 Å². The highest BCUT2D eigenvalue weighted by Crippen LogP contribution is 2.63. The number of allylic oxidation sites excluding steroid dienone is 3. The van der Waals surface area contributed by atoms with Crippen molar-refractivity contribution >= 4 is 41.0 Å². The van der Waals surface area contributed by atoms with Gasteiger partial charge in [-0.2, -0.15) is 0 Å². The number of fused-ring (bicyclic) bond motifs is 5. The van der Waals surface area contributed by atoms with Crippen molar-refractivity contribution in [3.63, 3.8) is 0 Å². The summed E-state index contributed by atoms with van der Waals surface area (Å²) < 4.78 is 6.02. The monoisotopic (exact) mass is 646 g/mol. The molecule has 0 aromatic heterocycles. The molecule has 0 radical (unpaired) electrons. The van der Waals surface area contributed by atoms with E-state index in [2.05, 4.69) is 0 Å². The number of nitrogens with zero attached hydrogens (tertiary/aromatic N) is 2. The van der Waals surface area contributed by atoms with Crippen LogP contribution in [-0.4, -0.2) is 44.9 Å². The van der Waals surface area contributed by atoms with Crippen molar-refractivity contribution in [2.45, 2.75) is 26.2 Å². The van der Waals surface area contributed by atoms with Crippen molar-refractivity contribution < 1.29 is 44.0 Å². The first-order valence-corrected chi connectivity index (χ1v) is 15.8. The smallest absolute Gasteiger partial charge is 0.339 e. The van der Waals surface area contributed by atoms with E-state index in [1.54, 1.807) is 55.7 Å². The third kappa shape index (κ3) is 4.03. The summed E-state index contributed by atoms with van der Waals surface area (Å²) in [5.41, 5.74) is 1.12. The minimum atomic E-state index is -1.35. The Hall–Kier alpha value is -5.71. The number of carboxylic acid groups (broad SMARTS) is 1. The molecule has 3 aromatic carbocycles. The van der Waals surface area contributed by atoms with E-state index in [0.29, 0.717) is 29.0 Å². The lowest BCUT2D eigenvalue weighted by molar-refractivity contribution is -0.132. The zero-order chi connectivity index (χ0) is 33.6. The van der Waals surface area contributed by atoms with Crippen molar-refractivity contribution in [1.29, 1.82) is 0 Å². The van der Waals surface area contributed by atoms with Crippen LogP contribution in [0.15, 0.2) is 90.2 Å². The molecule has 6 atom stereocenters. The Morgan fingerprint density at radius 3 is 2.38 bits per heavy atom. The molecule has 48 heavy (non-hydrogen) atoms. The number of aromatic hydroxyl groups is 2. The normalized spacial score (nSPS) is 29.0. The predicted octanol–water partition coefficient (Wildman–Crippen LogP) is 4.58. The van der Waals surface area contributed by atoms with E-state index in [1.807, 2.05) is 6.08 Å². The molecule has 5 aliphatic rings. The average molecular weight is 647 g/mol. The number of hydrogen-bond donors (Lipinski definition) is 3. The maximum atomic E-state index is 14.6. The van der Waals surface area contributed by atoms with Crippen LogP contribution in [0.25, 0.3) is 0 Å². The van der Waals surface area contributed by atoms with Crippen molar-refractivity contribution in [2.75, 3.05) is 9.80 Å². The summed E-state index contributed by atoms with van der Waals surface area (Å²) >= 11 is 0. The van der Waals surface area contributed by atoms with Crippen LogP contribution in [-0.2, 0) is 25.6 Å². The van der Waals surface area contributed by atoms with Crippen LogP contribution < -0.4 is 14.5 Å². The molecule has 8 rings (SSSR count). The molecular formula is C37H30N2O9. The van der Waals surface area contributed by atoms with Gasteiger partial charge in [0.25, 0.3) is 0 Å². The van der Waals surface area contributed by atoms with Crippen molar-refractivity contribution in [1.82, 2.24) is 0 Å². The third-order valence-electron chi connectivity index (χ3n) is 10.9. The van der Waals surface area contributed by atoms with Crippen LogP contribution in [0.2, 0.25) is 0 Å². The largest absolute Gasteiger partial charge is 0.508 e. The van der Waals surface area contributed by atoms with Gasteiger partial charge in [-0.15, -0.1) is 0 Å². The summed E-state index contributed by atoms with van der Waals surface area (Å²) in [6.07, 6.45) is 4.24. The molecule has 6 unspecified atom stereocenters. The molecule has 242 valence electrons. The molecule has 3 N–H and O–H groups in total. The SMILES string of the molecule is CC12C(=O)N(c3ccccc3)C(=O)C1CC1C(=CCC3C(=O)N(c4ccc(C(=O)O)c(O)c4)C(=O)C31)C2C1=COc2ccc(O)cc2C1. The minimum Gasteiger partial charge on any atom is -0.508 e. The second-order valence-corrected chi connectivity index (χ2v) is 13.3. The molecule has 2 saturated heterocycles. The molecule has 3 aliphatic heterocycles. The number of amides is 4. The lowest BCUT2D eigenvalue weighted by Gasteiger charge is -2.49. The van der Waals surface area contributed by atoms with Crippen LogP contribution in [0.5, 0.6) is 17.2 Å². The number of benzene rings is 3. The number of anilines is 2. The van der Waals surface area contributed by atoms with Crippen LogP contribution in [0.1, 0.15) is 35.7 Å². The summed E-state index contributed by atoms with van der Waals surface area (Å²) in [4.78, 5) is 70.7. The topological polar surface area (TPSA) is 162 Å². The number of imide groups is 2. The first-order valence-electron chi connectivity index (χ1n) is 15.8. The average Bonchev–Trinajstić information content (AvgIpc) is 3.43. The number of carbonyl (C=O) groups is 5. The first-order chi connectivity index (χ1) is 23.0. The van der Waals surface area contributed by atoms with Gasteiger partial charge in [0, 0.05) is 24.0 Å². The Morgan fingerprint density at radius 2 is 1.65 bits per heavy atom. The second kappa shape index (κ2) is 10.4. The van der Waals surface area contributed by atoms with Crippen LogP contribution in [0, 0.1) is 35.0 Å². The molecule has 11 nitrogen and oxygen atoms in total. The van der Waals surface area contributed by atoms with Crippen LogP contribution in [0.4, 0.5) is 11.4 Å². The van der Waals surface area contributed by atoms with Crippen LogP contribution in [0.3, 0.4) is 0 Å². The van der Waals surface area contributed by atoms with E-state index in [9.17, 15) is 39.3 Å². The van der Waals surface area contributed by atoms with Gasteiger partial charge in [0.1, 0.15) is 22.8 Å². The second-order valence-electron chi connectivity index (χ2n) is 13.3. The van der Waals surface area contributed by atoms with E-state index in [-0.39, 0.29) is 41.7 Å². The summed E-state index contributed by atoms with van der Waals surface area (Å²) in [7, 11) is 0. The van der Waals surface area contributed by atoms with Gasteiger partial charge >= 0.3 is 5.97 Å². The number of rotatable bonds is 4. The standard InChI is InChI=1S/C37H30N2O9/c1-37-27(33(43)39(36(37)47)20-5-3-2-4-6-20)16-26-23(31(37)19-13-18-14-22(40)8-12-29(18)48-17-19)10-11-25-30(26)34(44)38(32(25)42)21-7-9-24(35(45)46)28(41)15-21/h2-10,12,14-15,17,25-27,30-31,40-41H,11,13,16H2,1H3,(H,45,46). The number of hydrogen-bond acceptors (Lipinski definition) is 8. The van der Waals surface area contributed by atoms with Crippen molar-refractivity contribution in [3.8, 4) is 17.2 Å². The Labute approximate surface area is 274 Å². The zero-order valence-electron chi connectivity index (χ0n) is 25.7. The van der Waals surface area contributed by atoms with Gasteiger partial charge in [0.05, 0.1) is 40.8 Å². The van der Waals surface area contributed by atoms with Gasteiger partial charge in [-0.25, -0.2) is 14.6 Å². The molecule has 1 saturated carbocycles. The van der Waals surface area contributed by atoms with Gasteiger partial charge in [0.2, 0.25) is 23.6 Å². The fourth-order valence-electron chi connectivity index (χ4n) is 8.76. The van der Waals surface area contributed by atoms with E-state index in [4.69, 9.17) is 4.74 Å².